The molecule has 1 aliphatic carbocycles. The number of halogens is 1. The highest BCUT2D eigenvalue weighted by Gasteiger charge is 2.21. The summed E-state index contributed by atoms with van der Waals surface area (Å²) in [5.74, 6) is 0.838. The van der Waals surface area contributed by atoms with Gasteiger partial charge in [-0.25, -0.2) is 4.98 Å². The Morgan fingerprint density at radius 2 is 2.24 bits per heavy atom. The summed E-state index contributed by atoms with van der Waals surface area (Å²) < 4.78 is 5.90. The summed E-state index contributed by atoms with van der Waals surface area (Å²) in [6, 6.07) is 0. The van der Waals surface area contributed by atoms with E-state index >= 15 is 0 Å². The third-order valence-corrected chi connectivity index (χ3v) is 3.65. The number of nitrogens with zero attached hydrogens (tertiary/aromatic N) is 2. The summed E-state index contributed by atoms with van der Waals surface area (Å²) in [7, 11) is 0. The number of rotatable bonds is 4. The molecule has 1 fully saturated rings. The van der Waals surface area contributed by atoms with Crippen molar-refractivity contribution in [3.05, 3.63) is 23.2 Å². The largest absolute Gasteiger partial charge is 0.372 e. The minimum Gasteiger partial charge on any atom is -0.372 e. The van der Waals surface area contributed by atoms with E-state index in [0.717, 1.165) is 11.6 Å². The number of hydrogen-bond donors (Lipinski definition) is 0. The van der Waals surface area contributed by atoms with E-state index in [0.29, 0.717) is 17.9 Å². The van der Waals surface area contributed by atoms with Gasteiger partial charge in [0.25, 0.3) is 0 Å². The van der Waals surface area contributed by atoms with Crippen molar-refractivity contribution in [3.63, 3.8) is 0 Å². The van der Waals surface area contributed by atoms with Crippen LogP contribution in [-0.2, 0) is 11.3 Å². The van der Waals surface area contributed by atoms with E-state index < -0.39 is 0 Å². The fraction of sp³-hybridized carbons (Fsp3) is 0.692. The van der Waals surface area contributed by atoms with Gasteiger partial charge in [-0.2, -0.15) is 0 Å². The third kappa shape index (κ3) is 3.93. The summed E-state index contributed by atoms with van der Waals surface area (Å²) in [4.78, 5) is 8.18. The molecule has 2 unspecified atom stereocenters. The Bertz CT molecular complexity index is 342. The van der Waals surface area contributed by atoms with E-state index in [2.05, 4.69) is 16.9 Å². The molecule has 0 amide bonds. The topological polar surface area (TPSA) is 35.0 Å². The predicted octanol–water partition coefficient (Wildman–Crippen LogP) is 3.62. The summed E-state index contributed by atoms with van der Waals surface area (Å²) >= 11 is 5.68. The lowest BCUT2D eigenvalue weighted by molar-refractivity contribution is 0.000229. The number of ether oxygens (including phenoxy) is 1. The summed E-state index contributed by atoms with van der Waals surface area (Å²) in [5, 5.41) is 0.428. The van der Waals surface area contributed by atoms with Crippen LogP contribution in [0.4, 0.5) is 0 Å². The van der Waals surface area contributed by atoms with E-state index in [1.54, 1.807) is 12.4 Å². The zero-order valence-corrected chi connectivity index (χ0v) is 11.0. The average Bonchev–Trinajstić information content (AvgIpc) is 2.38. The molecule has 0 N–H and O–H groups in total. The summed E-state index contributed by atoms with van der Waals surface area (Å²) in [5.41, 5.74) is 0.855. The summed E-state index contributed by atoms with van der Waals surface area (Å²) in [6.45, 7) is 2.81. The number of aromatic nitrogens is 2. The van der Waals surface area contributed by atoms with Crippen LogP contribution >= 0.6 is 11.6 Å². The molecule has 1 aliphatic rings. The predicted molar refractivity (Wildman–Crippen MR) is 67.9 cm³/mol. The standard InChI is InChI=1S/C13H19ClN2O/c1-2-10-4-3-5-12(6-10)17-9-11-7-16-13(14)8-15-11/h7-8,10,12H,2-6,9H2,1H3. The van der Waals surface area contributed by atoms with Crippen molar-refractivity contribution < 1.29 is 4.74 Å². The highest BCUT2D eigenvalue weighted by atomic mass is 35.5. The zero-order chi connectivity index (χ0) is 12.1. The molecule has 0 spiro atoms. The van der Waals surface area contributed by atoms with E-state index in [4.69, 9.17) is 16.3 Å². The lowest BCUT2D eigenvalue weighted by atomic mass is 9.85. The second-order valence-corrected chi connectivity index (χ2v) is 5.09. The Morgan fingerprint density at radius 3 is 2.94 bits per heavy atom. The van der Waals surface area contributed by atoms with Gasteiger partial charge in [-0.05, 0) is 18.8 Å². The molecule has 1 aromatic heterocycles. The zero-order valence-electron chi connectivity index (χ0n) is 10.2. The molecular weight excluding hydrogens is 236 g/mol. The van der Waals surface area contributed by atoms with Gasteiger partial charge in [0.05, 0.1) is 30.8 Å². The highest BCUT2D eigenvalue weighted by Crippen LogP contribution is 2.28. The van der Waals surface area contributed by atoms with Crippen LogP contribution in [0.5, 0.6) is 0 Å². The molecule has 0 aromatic carbocycles. The fourth-order valence-corrected chi connectivity index (χ4v) is 2.48. The van der Waals surface area contributed by atoms with E-state index in [1.165, 1.54) is 32.1 Å². The lowest BCUT2D eigenvalue weighted by Crippen LogP contribution is -2.22. The van der Waals surface area contributed by atoms with Crippen molar-refractivity contribution in [2.45, 2.75) is 51.7 Å². The van der Waals surface area contributed by atoms with E-state index in [-0.39, 0.29) is 0 Å². The van der Waals surface area contributed by atoms with Gasteiger partial charge in [0.15, 0.2) is 0 Å². The van der Waals surface area contributed by atoms with Gasteiger partial charge in [-0.3, -0.25) is 4.98 Å². The Balaban J connectivity index is 1.79. The van der Waals surface area contributed by atoms with Crippen LogP contribution < -0.4 is 0 Å². The number of hydrogen-bond acceptors (Lipinski definition) is 3. The van der Waals surface area contributed by atoms with Gasteiger partial charge < -0.3 is 4.74 Å². The molecular formula is C13H19ClN2O. The van der Waals surface area contributed by atoms with Gasteiger partial charge in [0, 0.05) is 0 Å². The fourth-order valence-electron chi connectivity index (χ4n) is 2.38. The van der Waals surface area contributed by atoms with Crippen molar-refractivity contribution in [1.29, 1.82) is 0 Å². The molecule has 1 heterocycles. The Morgan fingerprint density at radius 1 is 1.35 bits per heavy atom. The van der Waals surface area contributed by atoms with E-state index in [9.17, 15) is 0 Å². The minimum atomic E-state index is 0.395. The quantitative estimate of drug-likeness (QED) is 0.823. The molecule has 1 saturated carbocycles. The maximum Gasteiger partial charge on any atom is 0.147 e. The SMILES string of the molecule is CCC1CCCC(OCc2cnc(Cl)cn2)C1. The average molecular weight is 255 g/mol. The van der Waals surface area contributed by atoms with Crippen LogP contribution in [0, 0.1) is 5.92 Å². The van der Waals surface area contributed by atoms with Crippen LogP contribution in [0.1, 0.15) is 44.7 Å². The van der Waals surface area contributed by atoms with E-state index in [1.807, 2.05) is 0 Å². The van der Waals surface area contributed by atoms with Crippen molar-refractivity contribution >= 4 is 11.6 Å². The normalized spacial score (nSPS) is 24.8. The van der Waals surface area contributed by atoms with Gasteiger partial charge in [-0.1, -0.05) is 37.8 Å². The molecule has 3 nitrogen and oxygen atoms in total. The molecule has 0 aliphatic heterocycles. The lowest BCUT2D eigenvalue weighted by Gasteiger charge is -2.28. The Kier molecular flexibility index (Phi) is 4.75. The molecule has 4 heteroatoms. The molecule has 94 valence electrons. The molecule has 2 rings (SSSR count). The van der Waals surface area contributed by atoms with Crippen LogP contribution in [0.25, 0.3) is 0 Å². The van der Waals surface area contributed by atoms with Crippen molar-refractivity contribution in [2.75, 3.05) is 0 Å². The van der Waals surface area contributed by atoms with Gasteiger partial charge in [0.2, 0.25) is 0 Å². The molecule has 2 atom stereocenters. The first-order valence-electron chi connectivity index (χ1n) is 6.36. The molecule has 0 radical (unpaired) electrons. The Labute approximate surface area is 108 Å². The van der Waals surface area contributed by atoms with Crippen LogP contribution in [0.3, 0.4) is 0 Å². The molecule has 17 heavy (non-hydrogen) atoms. The maximum absolute atomic E-state index is 5.90. The summed E-state index contributed by atoms with van der Waals surface area (Å²) in [6.07, 6.45) is 9.92. The second kappa shape index (κ2) is 6.31. The monoisotopic (exact) mass is 254 g/mol. The van der Waals surface area contributed by atoms with Gasteiger partial charge in [-0.15, -0.1) is 0 Å². The third-order valence-electron chi connectivity index (χ3n) is 3.45. The first-order chi connectivity index (χ1) is 8.28. The minimum absolute atomic E-state index is 0.395. The molecule has 1 aromatic rings. The van der Waals surface area contributed by atoms with Gasteiger partial charge >= 0.3 is 0 Å². The first-order valence-corrected chi connectivity index (χ1v) is 6.73. The van der Waals surface area contributed by atoms with Crippen LogP contribution in [0.2, 0.25) is 5.15 Å². The molecule has 0 bridgehead atoms. The molecule has 0 saturated heterocycles. The Hall–Kier alpha value is -0.670. The maximum atomic E-state index is 5.90. The smallest absolute Gasteiger partial charge is 0.147 e. The van der Waals surface area contributed by atoms with Gasteiger partial charge in [0.1, 0.15) is 5.15 Å². The first kappa shape index (κ1) is 12.8. The van der Waals surface area contributed by atoms with Crippen molar-refractivity contribution in [3.8, 4) is 0 Å². The highest BCUT2D eigenvalue weighted by molar-refractivity contribution is 6.29. The van der Waals surface area contributed by atoms with Crippen molar-refractivity contribution in [1.82, 2.24) is 9.97 Å². The second-order valence-electron chi connectivity index (χ2n) is 4.70. The van der Waals surface area contributed by atoms with Crippen molar-refractivity contribution in [2.24, 2.45) is 5.92 Å². The van der Waals surface area contributed by atoms with Crippen LogP contribution in [0.15, 0.2) is 12.4 Å². The van der Waals surface area contributed by atoms with Crippen LogP contribution in [-0.4, -0.2) is 16.1 Å².